The molecule has 0 aliphatic heterocycles. The largest absolute Gasteiger partial charge is 0.487 e. The number of nitrogens with one attached hydrogen (secondary N) is 1. The monoisotopic (exact) mass is 269 g/mol. The maximum Gasteiger partial charge on any atom is 0.130 e. The zero-order valence-corrected chi connectivity index (χ0v) is 11.6. The van der Waals surface area contributed by atoms with E-state index < -0.39 is 0 Å². The molecule has 104 valence electrons. The first-order valence-electron chi connectivity index (χ1n) is 6.73. The average Bonchev–Trinajstić information content (AvgIpc) is 2.97. The second-order valence-electron chi connectivity index (χ2n) is 5.14. The average molecular weight is 269 g/mol. The highest BCUT2D eigenvalue weighted by atomic mass is 16.5. The summed E-state index contributed by atoms with van der Waals surface area (Å²) in [6.07, 6.45) is 3.64. The molecule has 0 aliphatic rings. The Morgan fingerprint density at radius 2 is 2.10 bits per heavy atom. The second-order valence-corrected chi connectivity index (χ2v) is 5.14. The van der Waals surface area contributed by atoms with E-state index in [9.17, 15) is 0 Å². The fourth-order valence-electron chi connectivity index (χ4n) is 2.07. The molecule has 4 heteroatoms. The molecule has 0 atom stereocenters. The maximum atomic E-state index is 5.77. The van der Waals surface area contributed by atoms with Gasteiger partial charge in [-0.1, -0.05) is 13.8 Å². The highest BCUT2D eigenvalue weighted by Crippen LogP contribution is 2.23. The molecule has 0 aliphatic carbocycles. The molecular formula is C16H19N3O. The Bertz CT molecular complexity index is 711. The van der Waals surface area contributed by atoms with Gasteiger partial charge in [-0.25, -0.2) is 0 Å². The van der Waals surface area contributed by atoms with Gasteiger partial charge in [-0.2, -0.15) is 5.10 Å². The number of benzene rings is 1. The minimum absolute atomic E-state index is 0. The third-order valence-corrected chi connectivity index (χ3v) is 3.26. The van der Waals surface area contributed by atoms with Crippen LogP contribution >= 0.6 is 0 Å². The lowest BCUT2D eigenvalue weighted by Gasteiger charge is -2.08. The Morgan fingerprint density at radius 3 is 2.85 bits per heavy atom. The van der Waals surface area contributed by atoms with Crippen LogP contribution in [0.3, 0.4) is 0 Å². The summed E-state index contributed by atoms with van der Waals surface area (Å²) in [7, 11) is 0. The van der Waals surface area contributed by atoms with Crippen LogP contribution in [0.4, 0.5) is 0 Å². The SMILES string of the molecule is CC(C)c1cc2cc(OCc3ccn[nH]3)ccc2cn1.[HH]. The molecule has 1 N–H and O–H groups in total. The minimum Gasteiger partial charge on any atom is -0.487 e. The smallest absolute Gasteiger partial charge is 0.130 e. The molecule has 0 unspecified atom stereocenters. The zero-order chi connectivity index (χ0) is 13.9. The fourth-order valence-corrected chi connectivity index (χ4v) is 2.07. The fraction of sp³-hybridized carbons (Fsp3) is 0.250. The van der Waals surface area contributed by atoms with Crippen LogP contribution in [0.5, 0.6) is 5.75 Å². The van der Waals surface area contributed by atoms with Crippen molar-refractivity contribution in [2.45, 2.75) is 26.4 Å². The molecular weight excluding hydrogens is 250 g/mol. The molecule has 2 heterocycles. The van der Waals surface area contributed by atoms with E-state index in [4.69, 9.17) is 4.74 Å². The van der Waals surface area contributed by atoms with Crippen molar-refractivity contribution in [1.82, 2.24) is 15.2 Å². The van der Waals surface area contributed by atoms with Gasteiger partial charge in [0.25, 0.3) is 0 Å². The summed E-state index contributed by atoms with van der Waals surface area (Å²) in [5.74, 6) is 1.28. The molecule has 0 saturated carbocycles. The Balaban J connectivity index is 0.00000161. The molecule has 20 heavy (non-hydrogen) atoms. The number of nitrogens with zero attached hydrogens (tertiary/aromatic N) is 2. The number of rotatable bonds is 4. The van der Waals surface area contributed by atoms with Gasteiger partial charge in [-0.3, -0.25) is 10.1 Å². The topological polar surface area (TPSA) is 50.8 Å². The van der Waals surface area contributed by atoms with Crippen molar-refractivity contribution < 1.29 is 6.16 Å². The van der Waals surface area contributed by atoms with Crippen LogP contribution in [0.15, 0.2) is 42.7 Å². The van der Waals surface area contributed by atoms with Gasteiger partial charge in [-0.05, 0) is 41.6 Å². The van der Waals surface area contributed by atoms with E-state index in [0.29, 0.717) is 12.5 Å². The Kier molecular flexibility index (Phi) is 3.37. The predicted molar refractivity (Wildman–Crippen MR) is 80.9 cm³/mol. The van der Waals surface area contributed by atoms with E-state index >= 15 is 0 Å². The normalized spacial score (nSPS) is 11.2. The third-order valence-electron chi connectivity index (χ3n) is 3.26. The van der Waals surface area contributed by atoms with E-state index in [1.165, 1.54) is 0 Å². The summed E-state index contributed by atoms with van der Waals surface area (Å²) in [6, 6.07) is 10.1. The molecule has 0 spiro atoms. The number of aromatic amines is 1. The summed E-state index contributed by atoms with van der Waals surface area (Å²) in [6.45, 7) is 4.78. The van der Waals surface area contributed by atoms with Crippen molar-refractivity contribution in [3.63, 3.8) is 0 Å². The lowest BCUT2D eigenvalue weighted by atomic mass is 10.1. The maximum absolute atomic E-state index is 5.77. The lowest BCUT2D eigenvalue weighted by molar-refractivity contribution is 0.301. The predicted octanol–water partition coefficient (Wildman–Crippen LogP) is 3.91. The Labute approximate surface area is 119 Å². The van der Waals surface area contributed by atoms with Crippen LogP contribution in [-0.4, -0.2) is 15.2 Å². The number of H-pyrrole nitrogens is 1. The first-order chi connectivity index (χ1) is 9.72. The highest BCUT2D eigenvalue weighted by Gasteiger charge is 2.04. The van der Waals surface area contributed by atoms with Crippen LogP contribution in [0.25, 0.3) is 10.8 Å². The van der Waals surface area contributed by atoms with Gasteiger partial charge in [0.1, 0.15) is 12.4 Å². The van der Waals surface area contributed by atoms with Crippen LogP contribution in [0.2, 0.25) is 0 Å². The van der Waals surface area contributed by atoms with Gasteiger partial charge in [0.05, 0.1) is 5.69 Å². The number of pyridine rings is 1. The molecule has 3 rings (SSSR count). The van der Waals surface area contributed by atoms with Crippen molar-refractivity contribution in [3.05, 3.63) is 54.1 Å². The van der Waals surface area contributed by atoms with Crippen LogP contribution in [-0.2, 0) is 6.61 Å². The number of ether oxygens (including phenoxy) is 1. The van der Waals surface area contributed by atoms with E-state index in [2.05, 4.69) is 41.2 Å². The number of aromatic nitrogens is 3. The summed E-state index contributed by atoms with van der Waals surface area (Å²) in [5.41, 5.74) is 2.06. The molecule has 0 saturated heterocycles. The number of hydrogen-bond acceptors (Lipinski definition) is 3. The summed E-state index contributed by atoms with van der Waals surface area (Å²) in [4.78, 5) is 4.47. The molecule has 0 bridgehead atoms. The van der Waals surface area contributed by atoms with Gasteiger partial charge < -0.3 is 4.74 Å². The standard InChI is InChI=1S/C16H17N3O.H2/c1-11(2)16-8-13-7-15(4-3-12(13)9-17-16)20-10-14-5-6-18-19-14;/h3-9,11H,10H2,1-2H3,(H,18,19);1H. The van der Waals surface area contributed by atoms with E-state index in [0.717, 1.165) is 27.9 Å². The second kappa shape index (κ2) is 5.33. The van der Waals surface area contributed by atoms with E-state index in [1.807, 2.05) is 24.4 Å². The number of hydrogen-bond donors (Lipinski definition) is 1. The van der Waals surface area contributed by atoms with Gasteiger partial charge in [0, 0.05) is 24.9 Å². The molecule has 2 aromatic heterocycles. The van der Waals surface area contributed by atoms with Crippen molar-refractivity contribution in [1.29, 1.82) is 0 Å². The molecule has 0 fully saturated rings. The summed E-state index contributed by atoms with van der Waals surface area (Å²) in [5, 5.41) is 9.07. The van der Waals surface area contributed by atoms with Gasteiger partial charge in [0.15, 0.2) is 0 Å². The van der Waals surface area contributed by atoms with Crippen molar-refractivity contribution in [2.75, 3.05) is 0 Å². The molecule has 0 amide bonds. The van der Waals surface area contributed by atoms with E-state index in [1.54, 1.807) is 6.20 Å². The number of fused-ring (bicyclic) bond motifs is 1. The van der Waals surface area contributed by atoms with Crippen LogP contribution in [0, 0.1) is 0 Å². The quantitative estimate of drug-likeness (QED) is 0.781. The molecule has 0 radical (unpaired) electrons. The lowest BCUT2D eigenvalue weighted by Crippen LogP contribution is -1.96. The van der Waals surface area contributed by atoms with Crippen molar-refractivity contribution in [3.8, 4) is 5.75 Å². The van der Waals surface area contributed by atoms with Crippen molar-refractivity contribution in [2.24, 2.45) is 0 Å². The zero-order valence-electron chi connectivity index (χ0n) is 11.6. The Hall–Kier alpha value is -2.36. The first kappa shape index (κ1) is 12.7. The van der Waals surface area contributed by atoms with Crippen LogP contribution < -0.4 is 4.74 Å². The molecule has 4 nitrogen and oxygen atoms in total. The molecule has 1 aromatic carbocycles. The van der Waals surface area contributed by atoms with Gasteiger partial charge >= 0.3 is 0 Å². The van der Waals surface area contributed by atoms with E-state index in [-0.39, 0.29) is 1.43 Å². The summed E-state index contributed by atoms with van der Waals surface area (Å²) >= 11 is 0. The van der Waals surface area contributed by atoms with Crippen molar-refractivity contribution >= 4 is 10.8 Å². The van der Waals surface area contributed by atoms with Crippen LogP contribution in [0.1, 0.15) is 32.6 Å². The Morgan fingerprint density at radius 1 is 1.20 bits per heavy atom. The third kappa shape index (κ3) is 2.64. The molecule has 3 aromatic rings. The first-order valence-corrected chi connectivity index (χ1v) is 6.73. The highest BCUT2D eigenvalue weighted by molar-refractivity contribution is 5.83. The van der Waals surface area contributed by atoms with Gasteiger partial charge in [0.2, 0.25) is 0 Å². The van der Waals surface area contributed by atoms with Gasteiger partial charge in [-0.15, -0.1) is 0 Å². The summed E-state index contributed by atoms with van der Waals surface area (Å²) < 4.78 is 5.77. The minimum atomic E-state index is 0.